The molecule has 1 unspecified atom stereocenters. The van der Waals surface area contributed by atoms with Crippen molar-refractivity contribution in [2.75, 3.05) is 0 Å². The second-order valence-corrected chi connectivity index (χ2v) is 8.72. The number of carbonyl (C=O) groups excluding carboxylic acids is 1. The van der Waals surface area contributed by atoms with Gasteiger partial charge in [-0.15, -0.1) is 11.3 Å². The number of aryl methyl sites for hydroxylation is 1. The smallest absolute Gasteiger partial charge is 0.266 e. The summed E-state index contributed by atoms with van der Waals surface area (Å²) in [6.07, 6.45) is 3.57. The van der Waals surface area contributed by atoms with Crippen LogP contribution < -0.4 is 4.72 Å². The van der Waals surface area contributed by atoms with E-state index >= 15 is 0 Å². The first kappa shape index (κ1) is 18.5. The summed E-state index contributed by atoms with van der Waals surface area (Å²) in [5.41, 5.74) is 1.57. The number of hydrogen-bond donors (Lipinski definition) is 1. The number of thiophene rings is 1. The molecule has 0 spiro atoms. The minimum atomic E-state index is -3.94. The molecule has 0 saturated heterocycles. The number of benzene rings is 1. The summed E-state index contributed by atoms with van der Waals surface area (Å²) < 4.78 is 27.2. The fraction of sp³-hybridized carbons (Fsp3) is 0.263. The van der Waals surface area contributed by atoms with E-state index in [0.717, 1.165) is 23.4 Å². The summed E-state index contributed by atoms with van der Waals surface area (Å²) in [7, 11) is -3.94. The van der Waals surface area contributed by atoms with Gasteiger partial charge in [-0.3, -0.25) is 4.79 Å². The molecule has 0 bridgehead atoms. The number of nitrogens with one attached hydrogen (secondary N) is 1. The molecule has 1 atom stereocenters. The number of allylic oxidation sites excluding steroid dienone is 1. The first-order valence-corrected chi connectivity index (χ1v) is 10.8. The van der Waals surface area contributed by atoms with Crippen molar-refractivity contribution in [3.63, 3.8) is 0 Å². The number of rotatable bonds is 6. The molecule has 1 aromatic heterocycles. The normalized spacial score (nSPS) is 16.9. The maximum Gasteiger partial charge on any atom is 0.283 e. The van der Waals surface area contributed by atoms with Gasteiger partial charge in [-0.25, -0.2) is 18.1 Å². The van der Waals surface area contributed by atoms with E-state index < -0.39 is 15.9 Å². The minimum absolute atomic E-state index is 0.0283. The predicted molar refractivity (Wildman–Crippen MR) is 104 cm³/mol. The monoisotopic (exact) mass is 388 g/mol. The zero-order chi connectivity index (χ0) is 18.7. The van der Waals surface area contributed by atoms with Gasteiger partial charge >= 0.3 is 0 Å². The van der Waals surface area contributed by atoms with Crippen LogP contribution in [0.3, 0.4) is 0 Å². The highest BCUT2D eigenvalue weighted by molar-refractivity contribution is 7.90. The van der Waals surface area contributed by atoms with E-state index in [1.54, 1.807) is 42.5 Å². The van der Waals surface area contributed by atoms with Crippen molar-refractivity contribution in [2.45, 2.75) is 31.6 Å². The quantitative estimate of drug-likeness (QED) is 0.820. The third-order valence-electron chi connectivity index (χ3n) is 4.17. The number of carbonyl (C=O) groups is 1. The Morgan fingerprint density at radius 3 is 2.65 bits per heavy atom. The molecule has 1 aliphatic rings. The lowest BCUT2D eigenvalue weighted by Gasteiger charge is -2.08. The maximum absolute atomic E-state index is 12.5. The van der Waals surface area contributed by atoms with E-state index in [4.69, 9.17) is 0 Å². The average molecular weight is 389 g/mol. The zero-order valence-corrected chi connectivity index (χ0v) is 16.2. The van der Waals surface area contributed by atoms with Crippen LogP contribution in [0, 0.1) is 12.8 Å². The topological polar surface area (TPSA) is 75.6 Å². The van der Waals surface area contributed by atoms with Crippen LogP contribution >= 0.6 is 11.3 Å². The van der Waals surface area contributed by atoms with Crippen molar-refractivity contribution in [1.29, 1.82) is 0 Å². The molecule has 136 valence electrons. The lowest BCUT2D eigenvalue weighted by molar-refractivity contribution is -0.115. The van der Waals surface area contributed by atoms with Gasteiger partial charge in [-0.05, 0) is 42.5 Å². The Kier molecular flexibility index (Phi) is 5.38. The third kappa shape index (κ3) is 3.78. The SMILES string of the molecule is CCCC1C=C(C(=O)NS(=O)(=O)c2ccccc2C)N=C1c1cccs1. The Morgan fingerprint density at radius 2 is 2.00 bits per heavy atom. The van der Waals surface area contributed by atoms with Crippen LogP contribution in [0.5, 0.6) is 0 Å². The Bertz CT molecular complexity index is 974. The average Bonchev–Trinajstić information content (AvgIpc) is 3.24. The lowest BCUT2D eigenvalue weighted by Crippen LogP contribution is -2.31. The largest absolute Gasteiger partial charge is 0.283 e. The fourth-order valence-electron chi connectivity index (χ4n) is 2.93. The van der Waals surface area contributed by atoms with Gasteiger partial charge in [0.1, 0.15) is 5.70 Å². The van der Waals surface area contributed by atoms with Crippen LogP contribution in [0.1, 0.15) is 30.2 Å². The molecule has 2 aromatic rings. The molecular formula is C19H20N2O3S2. The number of sulfonamides is 1. The molecule has 1 N–H and O–H groups in total. The lowest BCUT2D eigenvalue weighted by atomic mass is 9.98. The molecule has 7 heteroatoms. The summed E-state index contributed by atoms with van der Waals surface area (Å²) in [5, 5.41) is 1.96. The summed E-state index contributed by atoms with van der Waals surface area (Å²) in [6, 6.07) is 10.5. The molecule has 1 amide bonds. The zero-order valence-electron chi connectivity index (χ0n) is 14.6. The number of amides is 1. The molecule has 0 saturated carbocycles. The molecule has 5 nitrogen and oxygen atoms in total. The van der Waals surface area contributed by atoms with Crippen molar-refractivity contribution < 1.29 is 13.2 Å². The summed E-state index contributed by atoms with van der Waals surface area (Å²) in [6.45, 7) is 3.76. The molecule has 0 aliphatic carbocycles. The van der Waals surface area contributed by atoms with Crippen LogP contribution in [-0.2, 0) is 14.8 Å². The van der Waals surface area contributed by atoms with Gasteiger partial charge in [0.15, 0.2) is 0 Å². The molecule has 0 radical (unpaired) electrons. The van der Waals surface area contributed by atoms with E-state index in [1.807, 2.05) is 17.5 Å². The minimum Gasteiger partial charge on any atom is -0.266 e. The number of aliphatic imine (C=N–C) groups is 1. The standard InChI is InChI=1S/C19H20N2O3S2/c1-3-7-14-12-15(20-18(14)16-9-6-11-25-16)19(22)21-26(23,24)17-10-5-4-8-13(17)2/h4-6,8-12,14H,3,7H2,1-2H3,(H,21,22). The van der Waals surface area contributed by atoms with E-state index in [2.05, 4.69) is 16.6 Å². The first-order valence-electron chi connectivity index (χ1n) is 8.39. The fourth-order valence-corrected chi connectivity index (χ4v) is 4.91. The number of nitrogens with zero attached hydrogens (tertiary/aromatic N) is 1. The molecule has 1 aromatic carbocycles. The van der Waals surface area contributed by atoms with Crippen molar-refractivity contribution in [3.05, 3.63) is 64.0 Å². The van der Waals surface area contributed by atoms with E-state index in [1.165, 1.54) is 6.07 Å². The Hall–Kier alpha value is -2.25. The van der Waals surface area contributed by atoms with Gasteiger partial charge in [0, 0.05) is 10.8 Å². The Balaban J connectivity index is 1.86. The molecule has 2 heterocycles. The predicted octanol–water partition coefficient (Wildman–Crippen LogP) is 3.66. The Labute approximate surface area is 157 Å². The highest BCUT2D eigenvalue weighted by Gasteiger charge is 2.28. The van der Waals surface area contributed by atoms with Gasteiger partial charge in [-0.2, -0.15) is 0 Å². The summed E-state index contributed by atoms with van der Waals surface area (Å²) in [5.74, 6) is -0.665. The van der Waals surface area contributed by atoms with Crippen molar-refractivity contribution in [2.24, 2.45) is 10.9 Å². The van der Waals surface area contributed by atoms with Crippen molar-refractivity contribution >= 4 is 33.0 Å². The van der Waals surface area contributed by atoms with Crippen LogP contribution in [0.4, 0.5) is 0 Å². The van der Waals surface area contributed by atoms with E-state index in [0.29, 0.717) is 5.56 Å². The number of hydrogen-bond acceptors (Lipinski definition) is 5. The Morgan fingerprint density at radius 1 is 1.23 bits per heavy atom. The summed E-state index contributed by atoms with van der Waals surface area (Å²) in [4.78, 5) is 18.1. The van der Waals surface area contributed by atoms with Crippen LogP contribution in [-0.4, -0.2) is 20.0 Å². The maximum atomic E-state index is 12.5. The van der Waals surface area contributed by atoms with Gasteiger partial charge in [0.2, 0.25) is 0 Å². The molecular weight excluding hydrogens is 368 g/mol. The first-order chi connectivity index (χ1) is 12.4. The highest BCUT2D eigenvalue weighted by Crippen LogP contribution is 2.28. The van der Waals surface area contributed by atoms with Crippen molar-refractivity contribution in [3.8, 4) is 0 Å². The molecule has 0 fully saturated rings. The van der Waals surface area contributed by atoms with Gasteiger partial charge < -0.3 is 0 Å². The van der Waals surface area contributed by atoms with Crippen LogP contribution in [0.25, 0.3) is 0 Å². The summed E-state index contributed by atoms with van der Waals surface area (Å²) >= 11 is 1.56. The molecule has 26 heavy (non-hydrogen) atoms. The van der Waals surface area contributed by atoms with Gasteiger partial charge in [0.25, 0.3) is 15.9 Å². The second-order valence-electron chi connectivity index (χ2n) is 6.12. The van der Waals surface area contributed by atoms with E-state index in [-0.39, 0.29) is 16.5 Å². The molecule has 3 rings (SSSR count). The van der Waals surface area contributed by atoms with Crippen LogP contribution in [0.15, 0.2) is 63.4 Å². The van der Waals surface area contributed by atoms with Crippen LogP contribution in [0.2, 0.25) is 0 Å². The molecule has 1 aliphatic heterocycles. The van der Waals surface area contributed by atoms with Gasteiger partial charge in [-0.1, -0.05) is 37.6 Å². The van der Waals surface area contributed by atoms with Crippen molar-refractivity contribution in [1.82, 2.24) is 4.72 Å². The van der Waals surface area contributed by atoms with E-state index in [9.17, 15) is 13.2 Å². The van der Waals surface area contributed by atoms with Gasteiger partial charge in [0.05, 0.1) is 10.6 Å². The highest BCUT2D eigenvalue weighted by atomic mass is 32.2. The third-order valence-corrected chi connectivity index (χ3v) is 6.55. The second kappa shape index (κ2) is 7.55.